The number of nitrogens with one attached hydrogen (secondary N) is 1. The summed E-state index contributed by atoms with van der Waals surface area (Å²) in [6.07, 6.45) is 1.64. The van der Waals surface area contributed by atoms with E-state index in [1.54, 1.807) is 11.6 Å². The van der Waals surface area contributed by atoms with Crippen molar-refractivity contribution in [2.75, 3.05) is 5.32 Å². The Morgan fingerprint density at radius 3 is 2.73 bits per heavy atom. The number of aryl methyl sites for hydroxylation is 2. The topological polar surface area (TPSA) is 78.9 Å². The van der Waals surface area contributed by atoms with Crippen molar-refractivity contribution in [1.29, 1.82) is 5.26 Å². The molecule has 3 aromatic carbocycles. The second kappa shape index (κ2) is 8.38. The lowest BCUT2D eigenvalue weighted by atomic mass is 10.0. The van der Waals surface area contributed by atoms with Crippen LogP contribution in [0.15, 0.2) is 81.5 Å². The lowest BCUT2D eigenvalue weighted by Crippen LogP contribution is -2.03. The minimum Gasteiger partial charge on any atom is -0.422 e. The van der Waals surface area contributed by atoms with Crippen LogP contribution in [0, 0.1) is 25.2 Å². The molecular weight excluding hydrogens is 430 g/mol. The number of allylic oxidation sites excluding steroid dienone is 1. The normalized spacial score (nSPS) is 11.6. The first kappa shape index (κ1) is 20.7. The van der Waals surface area contributed by atoms with Gasteiger partial charge in [0.05, 0.1) is 11.3 Å². The Hall–Kier alpha value is -4.21. The van der Waals surface area contributed by atoms with E-state index in [0.717, 1.165) is 21.8 Å². The Balaban J connectivity index is 1.52. The van der Waals surface area contributed by atoms with Crippen LogP contribution in [-0.4, -0.2) is 4.98 Å². The van der Waals surface area contributed by atoms with Gasteiger partial charge in [-0.05, 0) is 60.0 Å². The molecule has 5 aromatic rings. The second-order valence-corrected chi connectivity index (χ2v) is 8.66. The zero-order valence-corrected chi connectivity index (χ0v) is 18.9. The fourth-order valence-electron chi connectivity index (χ4n) is 3.70. The molecule has 0 spiro atoms. The van der Waals surface area contributed by atoms with Crippen LogP contribution in [0.25, 0.3) is 38.6 Å². The predicted octanol–water partition coefficient (Wildman–Crippen LogP) is 6.66. The maximum Gasteiger partial charge on any atom is 0.345 e. The SMILES string of the molecule is Cc1ccc(N/C=C(/C#N)c2nc(-c3cc4c(ccc5ccccc54)oc3=O)cs2)cc1C. The van der Waals surface area contributed by atoms with Crippen LogP contribution >= 0.6 is 11.3 Å². The molecule has 0 atom stereocenters. The Morgan fingerprint density at radius 1 is 1.06 bits per heavy atom. The van der Waals surface area contributed by atoms with Crippen molar-refractivity contribution < 1.29 is 4.42 Å². The van der Waals surface area contributed by atoms with Crippen LogP contribution in [0.1, 0.15) is 16.1 Å². The molecule has 0 amide bonds. The molecule has 33 heavy (non-hydrogen) atoms. The Bertz CT molecular complexity index is 1650. The lowest BCUT2D eigenvalue weighted by Gasteiger charge is -2.05. The van der Waals surface area contributed by atoms with Crippen LogP contribution in [-0.2, 0) is 0 Å². The van der Waals surface area contributed by atoms with Crippen molar-refractivity contribution in [1.82, 2.24) is 4.98 Å². The summed E-state index contributed by atoms with van der Waals surface area (Å²) >= 11 is 1.31. The van der Waals surface area contributed by atoms with Gasteiger partial charge in [-0.15, -0.1) is 11.3 Å². The van der Waals surface area contributed by atoms with Crippen LogP contribution in [0.3, 0.4) is 0 Å². The molecule has 0 aliphatic carbocycles. The highest BCUT2D eigenvalue weighted by Gasteiger charge is 2.15. The van der Waals surface area contributed by atoms with E-state index < -0.39 is 5.63 Å². The highest BCUT2D eigenvalue weighted by molar-refractivity contribution is 7.11. The van der Waals surface area contributed by atoms with Gasteiger partial charge in [-0.3, -0.25) is 0 Å². The molecule has 0 unspecified atom stereocenters. The monoisotopic (exact) mass is 449 g/mol. The molecule has 0 aliphatic heterocycles. The maximum absolute atomic E-state index is 12.7. The molecule has 2 heterocycles. The highest BCUT2D eigenvalue weighted by atomic mass is 32.1. The van der Waals surface area contributed by atoms with Crippen molar-refractivity contribution in [3.8, 4) is 17.3 Å². The van der Waals surface area contributed by atoms with E-state index in [0.29, 0.717) is 27.4 Å². The van der Waals surface area contributed by atoms with Gasteiger partial charge < -0.3 is 9.73 Å². The van der Waals surface area contributed by atoms with Gasteiger partial charge in [-0.1, -0.05) is 36.4 Å². The molecule has 0 radical (unpaired) electrons. The minimum atomic E-state index is -0.453. The lowest BCUT2D eigenvalue weighted by molar-refractivity contribution is 0.563. The molecule has 0 aliphatic rings. The average molecular weight is 450 g/mol. The Morgan fingerprint density at radius 2 is 1.91 bits per heavy atom. The molecule has 5 nitrogen and oxygen atoms in total. The molecule has 1 N–H and O–H groups in total. The summed E-state index contributed by atoms with van der Waals surface area (Å²) in [5.74, 6) is 0. The smallest absolute Gasteiger partial charge is 0.345 e. The van der Waals surface area contributed by atoms with E-state index in [1.165, 1.54) is 22.5 Å². The summed E-state index contributed by atoms with van der Waals surface area (Å²) in [4.78, 5) is 17.3. The zero-order valence-electron chi connectivity index (χ0n) is 18.0. The molecule has 0 saturated heterocycles. The van der Waals surface area contributed by atoms with Gasteiger partial charge in [0.2, 0.25) is 0 Å². The van der Waals surface area contributed by atoms with E-state index in [-0.39, 0.29) is 0 Å². The standard InChI is InChI=1S/C27H19N3O2S/c1-16-7-9-20(11-17(16)2)29-14-19(13-28)26-30-24(15-33-26)23-12-22-21-6-4-3-5-18(21)8-10-25(22)32-27(23)31/h3-12,14-15,29H,1-2H3/b19-14-. The summed E-state index contributed by atoms with van der Waals surface area (Å²) in [5, 5.41) is 18.1. The van der Waals surface area contributed by atoms with E-state index in [2.05, 4.69) is 23.3 Å². The third-order valence-electron chi connectivity index (χ3n) is 5.66. The van der Waals surface area contributed by atoms with Crippen LogP contribution in [0.2, 0.25) is 0 Å². The van der Waals surface area contributed by atoms with Crippen molar-refractivity contribution >= 4 is 44.3 Å². The van der Waals surface area contributed by atoms with Crippen molar-refractivity contribution in [2.24, 2.45) is 0 Å². The molecule has 0 fully saturated rings. The third-order valence-corrected chi connectivity index (χ3v) is 6.54. The molecular formula is C27H19N3O2S. The zero-order chi connectivity index (χ0) is 22.9. The first-order chi connectivity index (χ1) is 16.0. The number of nitrogens with zero attached hydrogens (tertiary/aromatic N) is 2. The molecule has 0 saturated carbocycles. The first-order valence-electron chi connectivity index (χ1n) is 10.4. The molecule has 5 rings (SSSR count). The van der Waals surface area contributed by atoms with Crippen LogP contribution in [0.4, 0.5) is 5.69 Å². The largest absolute Gasteiger partial charge is 0.422 e. The second-order valence-electron chi connectivity index (χ2n) is 7.80. The fourth-order valence-corrected chi connectivity index (χ4v) is 4.49. The number of thiazole rings is 1. The average Bonchev–Trinajstić information content (AvgIpc) is 3.31. The number of aromatic nitrogens is 1. The number of nitriles is 1. The molecule has 2 aromatic heterocycles. The van der Waals surface area contributed by atoms with E-state index in [9.17, 15) is 10.1 Å². The van der Waals surface area contributed by atoms with Gasteiger partial charge in [0, 0.05) is 22.7 Å². The van der Waals surface area contributed by atoms with Gasteiger partial charge in [0.25, 0.3) is 0 Å². The number of rotatable bonds is 4. The molecule has 0 bridgehead atoms. The van der Waals surface area contributed by atoms with Gasteiger partial charge in [0.1, 0.15) is 22.2 Å². The molecule has 160 valence electrons. The number of hydrogen-bond donors (Lipinski definition) is 1. The number of benzene rings is 3. The summed E-state index contributed by atoms with van der Waals surface area (Å²) in [6, 6.07) is 21.7. The predicted molar refractivity (Wildman–Crippen MR) is 134 cm³/mol. The van der Waals surface area contributed by atoms with Gasteiger partial charge in [0.15, 0.2) is 0 Å². The van der Waals surface area contributed by atoms with Crippen molar-refractivity contribution in [2.45, 2.75) is 13.8 Å². The number of fused-ring (bicyclic) bond motifs is 3. The summed E-state index contributed by atoms with van der Waals surface area (Å²) < 4.78 is 5.59. The summed E-state index contributed by atoms with van der Waals surface area (Å²) in [5.41, 5.74) is 4.60. The highest BCUT2D eigenvalue weighted by Crippen LogP contribution is 2.30. The van der Waals surface area contributed by atoms with Gasteiger partial charge in [-0.2, -0.15) is 5.26 Å². The number of anilines is 1. The van der Waals surface area contributed by atoms with Crippen LogP contribution < -0.4 is 10.9 Å². The Kier molecular flexibility index (Phi) is 5.25. The summed E-state index contributed by atoms with van der Waals surface area (Å²) in [7, 11) is 0. The minimum absolute atomic E-state index is 0.376. The van der Waals surface area contributed by atoms with Gasteiger partial charge >= 0.3 is 5.63 Å². The van der Waals surface area contributed by atoms with Crippen molar-refractivity contribution in [3.05, 3.63) is 98.8 Å². The first-order valence-corrected chi connectivity index (χ1v) is 11.3. The maximum atomic E-state index is 12.7. The van der Waals surface area contributed by atoms with E-state index >= 15 is 0 Å². The fraction of sp³-hybridized carbons (Fsp3) is 0.0741. The van der Waals surface area contributed by atoms with Gasteiger partial charge in [-0.25, -0.2) is 9.78 Å². The van der Waals surface area contributed by atoms with Crippen LogP contribution in [0.5, 0.6) is 0 Å². The number of hydrogen-bond acceptors (Lipinski definition) is 6. The van der Waals surface area contributed by atoms with E-state index in [1.807, 2.05) is 67.6 Å². The third kappa shape index (κ3) is 3.91. The molecule has 6 heteroatoms. The van der Waals surface area contributed by atoms with Crippen molar-refractivity contribution in [3.63, 3.8) is 0 Å². The quantitative estimate of drug-likeness (QED) is 0.188. The van der Waals surface area contributed by atoms with E-state index in [4.69, 9.17) is 4.42 Å². The summed E-state index contributed by atoms with van der Waals surface area (Å²) in [6.45, 7) is 4.10. The Labute approximate surface area is 194 Å².